The van der Waals surface area contributed by atoms with Crippen LogP contribution in [0.2, 0.25) is 0 Å². The second-order valence-corrected chi connectivity index (χ2v) is 5.04. The molecule has 0 atom stereocenters. The number of nitrogens with one attached hydrogen (secondary N) is 1. The highest BCUT2D eigenvalue weighted by Crippen LogP contribution is 2.20. The molecule has 0 unspecified atom stereocenters. The number of amides is 1. The molecule has 0 spiro atoms. The van der Waals surface area contributed by atoms with E-state index in [-0.39, 0.29) is 17.2 Å². The van der Waals surface area contributed by atoms with Gasteiger partial charge in [0.2, 0.25) is 0 Å². The molecule has 0 saturated carbocycles. The lowest BCUT2D eigenvalue weighted by Crippen LogP contribution is -2.23. The predicted molar refractivity (Wildman–Crippen MR) is 68.7 cm³/mol. The van der Waals surface area contributed by atoms with E-state index in [2.05, 4.69) is 10.3 Å². The SMILES string of the molecule is Cc1nc(N)sc1C(=O)NCc1cc(F)c(F)cc1F. The van der Waals surface area contributed by atoms with Crippen LogP contribution < -0.4 is 11.1 Å². The van der Waals surface area contributed by atoms with Crippen molar-refractivity contribution in [2.45, 2.75) is 13.5 Å². The van der Waals surface area contributed by atoms with Gasteiger partial charge >= 0.3 is 0 Å². The van der Waals surface area contributed by atoms with Gasteiger partial charge in [0.1, 0.15) is 10.7 Å². The van der Waals surface area contributed by atoms with E-state index in [1.165, 1.54) is 0 Å². The van der Waals surface area contributed by atoms with Gasteiger partial charge in [-0.2, -0.15) is 0 Å². The Hall–Kier alpha value is -2.09. The predicted octanol–water partition coefficient (Wildman–Crippen LogP) is 2.38. The lowest BCUT2D eigenvalue weighted by molar-refractivity contribution is 0.0954. The molecule has 0 fully saturated rings. The van der Waals surface area contributed by atoms with Crippen LogP contribution in [0.15, 0.2) is 12.1 Å². The summed E-state index contributed by atoms with van der Waals surface area (Å²) in [6, 6.07) is 1.14. The summed E-state index contributed by atoms with van der Waals surface area (Å²) < 4.78 is 39.1. The van der Waals surface area contributed by atoms with E-state index < -0.39 is 23.4 Å². The molecule has 1 aromatic heterocycles. The Labute approximate surface area is 116 Å². The quantitative estimate of drug-likeness (QED) is 0.855. The fourth-order valence-electron chi connectivity index (χ4n) is 1.58. The maximum atomic E-state index is 13.4. The first-order valence-corrected chi connectivity index (χ1v) is 6.34. The van der Waals surface area contributed by atoms with Crippen molar-refractivity contribution >= 4 is 22.4 Å². The number of aromatic nitrogens is 1. The summed E-state index contributed by atoms with van der Waals surface area (Å²) in [5, 5.41) is 2.65. The van der Waals surface area contributed by atoms with Crippen molar-refractivity contribution in [3.8, 4) is 0 Å². The van der Waals surface area contributed by atoms with E-state index in [0.717, 1.165) is 11.3 Å². The first-order chi connectivity index (χ1) is 9.38. The van der Waals surface area contributed by atoms with Crippen LogP contribution in [-0.4, -0.2) is 10.9 Å². The Kier molecular flexibility index (Phi) is 3.93. The topological polar surface area (TPSA) is 68.0 Å². The van der Waals surface area contributed by atoms with Crippen LogP contribution in [0.25, 0.3) is 0 Å². The molecule has 4 nitrogen and oxygen atoms in total. The van der Waals surface area contributed by atoms with Gasteiger partial charge in [-0.15, -0.1) is 0 Å². The number of carbonyl (C=O) groups excluding carboxylic acids is 1. The maximum Gasteiger partial charge on any atom is 0.263 e. The number of nitrogens with zero attached hydrogens (tertiary/aromatic N) is 1. The smallest absolute Gasteiger partial charge is 0.263 e. The fourth-order valence-corrected chi connectivity index (χ4v) is 2.33. The van der Waals surface area contributed by atoms with Gasteiger partial charge in [0.15, 0.2) is 16.8 Å². The molecule has 20 heavy (non-hydrogen) atoms. The molecule has 0 aliphatic rings. The molecule has 0 radical (unpaired) electrons. The van der Waals surface area contributed by atoms with Crippen molar-refractivity contribution in [2.75, 3.05) is 5.73 Å². The van der Waals surface area contributed by atoms with Gasteiger partial charge in [0.05, 0.1) is 5.69 Å². The number of nitrogens with two attached hydrogens (primary N) is 1. The Morgan fingerprint density at radius 3 is 2.55 bits per heavy atom. The van der Waals surface area contributed by atoms with Gasteiger partial charge in [0.25, 0.3) is 5.91 Å². The van der Waals surface area contributed by atoms with Gasteiger partial charge < -0.3 is 11.1 Å². The molecule has 2 aromatic rings. The van der Waals surface area contributed by atoms with Crippen LogP contribution in [0.3, 0.4) is 0 Å². The van der Waals surface area contributed by atoms with Crippen LogP contribution in [0.4, 0.5) is 18.3 Å². The van der Waals surface area contributed by atoms with Crippen LogP contribution in [0.1, 0.15) is 20.9 Å². The maximum absolute atomic E-state index is 13.4. The highest BCUT2D eigenvalue weighted by atomic mass is 32.1. The molecule has 8 heteroatoms. The molecule has 1 aromatic carbocycles. The van der Waals surface area contributed by atoms with E-state index in [1.54, 1.807) is 6.92 Å². The molecule has 106 valence electrons. The number of carbonyl (C=O) groups is 1. The van der Waals surface area contributed by atoms with Crippen molar-refractivity contribution < 1.29 is 18.0 Å². The first-order valence-electron chi connectivity index (χ1n) is 5.53. The lowest BCUT2D eigenvalue weighted by atomic mass is 10.2. The van der Waals surface area contributed by atoms with Crippen LogP contribution >= 0.6 is 11.3 Å². The minimum atomic E-state index is -1.27. The Morgan fingerprint density at radius 2 is 1.95 bits per heavy atom. The highest BCUT2D eigenvalue weighted by Gasteiger charge is 2.15. The van der Waals surface area contributed by atoms with Gasteiger partial charge in [-0.1, -0.05) is 11.3 Å². The average molecular weight is 301 g/mol. The largest absolute Gasteiger partial charge is 0.375 e. The number of rotatable bonds is 3. The van der Waals surface area contributed by atoms with Gasteiger partial charge in [-0.3, -0.25) is 4.79 Å². The number of aryl methyl sites for hydroxylation is 1. The Morgan fingerprint density at radius 1 is 1.30 bits per heavy atom. The number of nitrogen functional groups attached to an aromatic ring is 1. The first kappa shape index (κ1) is 14.3. The third-order valence-electron chi connectivity index (χ3n) is 2.55. The zero-order valence-corrected chi connectivity index (χ0v) is 11.2. The van der Waals surface area contributed by atoms with Gasteiger partial charge in [-0.25, -0.2) is 18.2 Å². The minimum absolute atomic E-state index is 0.146. The second-order valence-electron chi connectivity index (χ2n) is 4.01. The molecule has 1 heterocycles. The third-order valence-corrected chi connectivity index (χ3v) is 3.53. The zero-order valence-electron chi connectivity index (χ0n) is 10.3. The number of hydrogen-bond donors (Lipinski definition) is 2. The zero-order chi connectivity index (χ0) is 14.9. The van der Waals surface area contributed by atoms with Crippen molar-refractivity contribution in [3.63, 3.8) is 0 Å². The summed E-state index contributed by atoms with van der Waals surface area (Å²) in [5.74, 6) is -3.87. The third kappa shape index (κ3) is 2.90. The molecular weight excluding hydrogens is 291 g/mol. The summed E-state index contributed by atoms with van der Waals surface area (Å²) in [6.45, 7) is 1.35. The summed E-state index contributed by atoms with van der Waals surface area (Å²) >= 11 is 0.994. The Balaban J connectivity index is 2.11. The molecule has 0 aliphatic carbocycles. The molecule has 0 saturated heterocycles. The summed E-state index contributed by atoms with van der Waals surface area (Å²) in [7, 11) is 0. The molecule has 3 N–H and O–H groups in total. The summed E-state index contributed by atoms with van der Waals surface area (Å²) in [5.41, 5.74) is 5.77. The molecule has 0 aliphatic heterocycles. The van der Waals surface area contributed by atoms with Crippen molar-refractivity contribution in [1.82, 2.24) is 10.3 Å². The van der Waals surface area contributed by atoms with Gasteiger partial charge in [-0.05, 0) is 13.0 Å². The molecule has 2 rings (SSSR count). The highest BCUT2D eigenvalue weighted by molar-refractivity contribution is 7.17. The van der Waals surface area contributed by atoms with Crippen molar-refractivity contribution in [2.24, 2.45) is 0 Å². The molecule has 1 amide bonds. The summed E-state index contributed by atoms with van der Waals surface area (Å²) in [6.07, 6.45) is 0. The second kappa shape index (κ2) is 5.49. The van der Waals surface area contributed by atoms with E-state index >= 15 is 0 Å². The lowest BCUT2D eigenvalue weighted by Gasteiger charge is -2.06. The fraction of sp³-hybridized carbons (Fsp3) is 0.167. The Bertz CT molecular complexity index is 672. The van der Waals surface area contributed by atoms with E-state index in [9.17, 15) is 18.0 Å². The van der Waals surface area contributed by atoms with Crippen LogP contribution in [-0.2, 0) is 6.54 Å². The number of benzene rings is 1. The van der Waals surface area contributed by atoms with Crippen LogP contribution in [0, 0.1) is 24.4 Å². The van der Waals surface area contributed by atoms with E-state index in [4.69, 9.17) is 5.73 Å². The minimum Gasteiger partial charge on any atom is -0.375 e. The number of thiazole rings is 1. The molecule has 0 bridgehead atoms. The van der Waals surface area contributed by atoms with Crippen LogP contribution in [0.5, 0.6) is 0 Å². The van der Waals surface area contributed by atoms with Crippen molar-refractivity contribution in [1.29, 1.82) is 0 Å². The number of hydrogen-bond acceptors (Lipinski definition) is 4. The van der Waals surface area contributed by atoms with E-state index in [0.29, 0.717) is 22.7 Å². The summed E-state index contributed by atoms with van der Waals surface area (Å²) in [4.78, 5) is 16.0. The van der Waals surface area contributed by atoms with Gasteiger partial charge in [0, 0.05) is 18.2 Å². The monoisotopic (exact) mass is 301 g/mol. The van der Waals surface area contributed by atoms with E-state index in [1.807, 2.05) is 0 Å². The normalized spacial score (nSPS) is 10.6. The standard InChI is InChI=1S/C12H10F3N3OS/c1-5-10(20-12(16)18-5)11(19)17-4-6-2-8(14)9(15)3-7(6)13/h2-3H,4H2,1H3,(H2,16,18)(H,17,19). The number of anilines is 1. The number of halogens is 3. The molecular formula is C12H10F3N3OS. The average Bonchev–Trinajstić information content (AvgIpc) is 2.71. The van der Waals surface area contributed by atoms with Crippen molar-refractivity contribution in [3.05, 3.63) is 45.7 Å².